The molecule has 0 saturated carbocycles. The standard InChI is InChI=1S/C19H20F2N4O3S/c20-9-26-15(27-10-21)5-11-1-2-14(18-22-3-4-29-18)17-16(11)24-19(28-17)25-7-12-6-13(8-25)23-12/h1-4,12-13,15,23H,5-10H2. The zero-order valence-corrected chi connectivity index (χ0v) is 16.3. The first-order valence-corrected chi connectivity index (χ1v) is 10.3. The van der Waals surface area contributed by atoms with Crippen molar-refractivity contribution in [2.24, 2.45) is 0 Å². The minimum Gasteiger partial charge on any atom is -0.423 e. The molecule has 1 N–H and O–H groups in total. The first-order chi connectivity index (χ1) is 14.2. The molecule has 3 saturated heterocycles. The van der Waals surface area contributed by atoms with Gasteiger partial charge in [-0.1, -0.05) is 6.07 Å². The van der Waals surface area contributed by atoms with Crippen molar-refractivity contribution in [3.63, 3.8) is 0 Å². The number of benzene rings is 1. The summed E-state index contributed by atoms with van der Waals surface area (Å²) >= 11 is 1.51. The Morgan fingerprint density at radius 2 is 2.00 bits per heavy atom. The van der Waals surface area contributed by atoms with Crippen LogP contribution in [0.4, 0.5) is 14.8 Å². The monoisotopic (exact) mass is 422 g/mol. The maximum Gasteiger partial charge on any atom is 0.298 e. The number of nitrogens with zero attached hydrogens (tertiary/aromatic N) is 3. The van der Waals surface area contributed by atoms with Crippen LogP contribution in [0.15, 0.2) is 28.1 Å². The molecular formula is C19H20F2N4O3S. The molecule has 0 spiro atoms. The van der Waals surface area contributed by atoms with Crippen LogP contribution in [0.3, 0.4) is 0 Å². The van der Waals surface area contributed by atoms with Gasteiger partial charge in [-0.15, -0.1) is 11.3 Å². The summed E-state index contributed by atoms with van der Waals surface area (Å²) in [7, 11) is 0. The van der Waals surface area contributed by atoms with Crippen LogP contribution in [0, 0.1) is 0 Å². The largest absolute Gasteiger partial charge is 0.423 e. The molecule has 154 valence electrons. The van der Waals surface area contributed by atoms with E-state index >= 15 is 0 Å². The van der Waals surface area contributed by atoms with E-state index in [2.05, 4.69) is 15.2 Å². The van der Waals surface area contributed by atoms with Crippen molar-refractivity contribution in [1.82, 2.24) is 15.3 Å². The molecule has 10 heteroatoms. The average molecular weight is 422 g/mol. The molecular weight excluding hydrogens is 402 g/mol. The number of nitrogens with one attached hydrogen (secondary N) is 1. The summed E-state index contributed by atoms with van der Waals surface area (Å²) in [5.41, 5.74) is 2.82. The Bertz CT molecular complexity index is 961. The highest BCUT2D eigenvalue weighted by Gasteiger charge is 2.38. The SMILES string of the molecule is FCOC(Cc1ccc(-c2nccs2)c2oc(N3CC4CC(C3)N4)nc12)OCF. The fraction of sp³-hybridized carbons (Fsp3) is 0.474. The summed E-state index contributed by atoms with van der Waals surface area (Å²) in [6.07, 6.45) is 2.03. The minimum absolute atomic E-state index is 0.154. The van der Waals surface area contributed by atoms with E-state index in [4.69, 9.17) is 18.9 Å². The van der Waals surface area contributed by atoms with Gasteiger partial charge in [0.05, 0.1) is 5.56 Å². The average Bonchev–Trinajstić information content (AvgIpc) is 3.39. The number of rotatable bonds is 8. The Labute approximate surface area is 169 Å². The third kappa shape index (κ3) is 3.61. The highest BCUT2D eigenvalue weighted by molar-refractivity contribution is 7.13. The number of aromatic nitrogens is 2. The molecule has 2 atom stereocenters. The van der Waals surface area contributed by atoms with Crippen LogP contribution in [-0.4, -0.2) is 55.2 Å². The molecule has 2 bridgehead atoms. The van der Waals surface area contributed by atoms with Gasteiger partial charge in [-0.2, -0.15) is 4.98 Å². The summed E-state index contributed by atoms with van der Waals surface area (Å²) in [6.45, 7) is -0.440. The molecule has 6 rings (SSSR count). The summed E-state index contributed by atoms with van der Waals surface area (Å²) in [6, 6.07) is 5.22. The van der Waals surface area contributed by atoms with Gasteiger partial charge in [0.2, 0.25) is 0 Å². The van der Waals surface area contributed by atoms with Gasteiger partial charge in [0.15, 0.2) is 25.6 Å². The lowest BCUT2D eigenvalue weighted by molar-refractivity contribution is -0.180. The number of hydrogen-bond acceptors (Lipinski definition) is 8. The Balaban J connectivity index is 1.54. The van der Waals surface area contributed by atoms with Crippen molar-refractivity contribution < 1.29 is 22.7 Å². The quantitative estimate of drug-likeness (QED) is 0.559. The summed E-state index contributed by atoms with van der Waals surface area (Å²) < 4.78 is 41.2. The second-order valence-electron chi connectivity index (χ2n) is 7.17. The number of piperidine rings is 1. The molecule has 1 aromatic carbocycles. The predicted octanol–water partition coefficient (Wildman–Crippen LogP) is 3.26. The van der Waals surface area contributed by atoms with Crippen LogP contribution in [0.25, 0.3) is 21.7 Å². The zero-order valence-electron chi connectivity index (χ0n) is 15.5. The number of piperazine rings is 1. The molecule has 3 fully saturated rings. The molecule has 3 aliphatic rings. The summed E-state index contributed by atoms with van der Waals surface area (Å²) in [4.78, 5) is 11.3. The van der Waals surface area contributed by atoms with Gasteiger partial charge in [-0.05, 0) is 18.1 Å². The molecule has 0 amide bonds. The van der Waals surface area contributed by atoms with Crippen LogP contribution in [-0.2, 0) is 15.9 Å². The van der Waals surface area contributed by atoms with Crippen molar-refractivity contribution in [1.29, 1.82) is 0 Å². The van der Waals surface area contributed by atoms with Crippen LogP contribution < -0.4 is 10.2 Å². The third-order valence-corrected chi connectivity index (χ3v) is 6.16. The molecule has 0 radical (unpaired) electrons. The van der Waals surface area contributed by atoms with Gasteiger partial charge in [0.25, 0.3) is 6.01 Å². The zero-order chi connectivity index (χ0) is 19.8. The van der Waals surface area contributed by atoms with Crippen LogP contribution in [0.2, 0.25) is 0 Å². The fourth-order valence-corrected chi connectivity index (χ4v) is 4.69. The Morgan fingerprint density at radius 1 is 1.24 bits per heavy atom. The van der Waals surface area contributed by atoms with E-state index in [0.29, 0.717) is 29.2 Å². The molecule has 2 unspecified atom stereocenters. The molecule has 2 aromatic heterocycles. The molecule has 3 aromatic rings. The second kappa shape index (κ2) is 7.94. The molecule has 29 heavy (non-hydrogen) atoms. The lowest BCUT2D eigenvalue weighted by Gasteiger charge is -2.47. The highest BCUT2D eigenvalue weighted by Crippen LogP contribution is 2.36. The number of thiazole rings is 1. The van der Waals surface area contributed by atoms with Crippen molar-refractivity contribution in [2.75, 3.05) is 31.7 Å². The van der Waals surface area contributed by atoms with E-state index in [-0.39, 0.29) is 6.42 Å². The normalized spacial score (nSPS) is 21.1. The number of fused-ring (bicyclic) bond motifs is 3. The topological polar surface area (TPSA) is 72.7 Å². The maximum absolute atomic E-state index is 12.6. The van der Waals surface area contributed by atoms with Gasteiger partial charge in [-0.25, -0.2) is 13.8 Å². The van der Waals surface area contributed by atoms with Crippen molar-refractivity contribution >= 4 is 28.5 Å². The van der Waals surface area contributed by atoms with E-state index in [1.54, 1.807) is 6.20 Å². The van der Waals surface area contributed by atoms with Crippen LogP contribution in [0.5, 0.6) is 0 Å². The highest BCUT2D eigenvalue weighted by atomic mass is 32.1. The Morgan fingerprint density at radius 3 is 2.66 bits per heavy atom. The number of ether oxygens (including phenoxy) is 2. The Hall–Kier alpha value is -2.14. The van der Waals surface area contributed by atoms with E-state index in [0.717, 1.165) is 29.2 Å². The fourth-order valence-electron chi connectivity index (χ4n) is 4.03. The number of hydrogen-bond donors (Lipinski definition) is 1. The van der Waals surface area contributed by atoms with Gasteiger partial charge in [0.1, 0.15) is 10.5 Å². The maximum atomic E-state index is 12.6. The van der Waals surface area contributed by atoms with Crippen molar-refractivity contribution in [3.05, 3.63) is 29.3 Å². The molecule has 0 aliphatic carbocycles. The van der Waals surface area contributed by atoms with Crippen LogP contribution in [0.1, 0.15) is 12.0 Å². The van der Waals surface area contributed by atoms with E-state index < -0.39 is 20.0 Å². The first-order valence-electron chi connectivity index (χ1n) is 9.43. The van der Waals surface area contributed by atoms with E-state index in [1.165, 1.54) is 17.8 Å². The summed E-state index contributed by atoms with van der Waals surface area (Å²) in [5, 5.41) is 6.21. The number of anilines is 1. The Kier molecular flexibility index (Phi) is 5.17. The molecule has 7 nitrogen and oxygen atoms in total. The minimum atomic E-state index is -1.06. The van der Waals surface area contributed by atoms with Crippen molar-refractivity contribution in [2.45, 2.75) is 31.2 Å². The number of oxazole rings is 1. The van der Waals surface area contributed by atoms with Crippen molar-refractivity contribution in [3.8, 4) is 10.6 Å². The van der Waals surface area contributed by atoms with E-state index in [9.17, 15) is 8.78 Å². The smallest absolute Gasteiger partial charge is 0.298 e. The van der Waals surface area contributed by atoms with E-state index in [1.807, 2.05) is 17.5 Å². The first kappa shape index (κ1) is 18.9. The lowest BCUT2D eigenvalue weighted by Crippen LogP contribution is -2.67. The number of alkyl halides is 2. The second-order valence-corrected chi connectivity index (χ2v) is 8.06. The van der Waals surface area contributed by atoms with Crippen LogP contribution >= 0.6 is 11.3 Å². The van der Waals surface area contributed by atoms with Gasteiger partial charge >= 0.3 is 0 Å². The van der Waals surface area contributed by atoms with Gasteiger partial charge in [0, 0.05) is 43.2 Å². The summed E-state index contributed by atoms with van der Waals surface area (Å²) in [5.74, 6) is 0. The number of halogens is 2. The van der Waals surface area contributed by atoms with Gasteiger partial charge in [-0.3, -0.25) is 0 Å². The molecule has 5 heterocycles. The lowest BCUT2D eigenvalue weighted by atomic mass is 9.92. The van der Waals surface area contributed by atoms with Gasteiger partial charge < -0.3 is 24.1 Å². The third-order valence-electron chi connectivity index (χ3n) is 5.36. The molecule has 3 aliphatic heterocycles. The predicted molar refractivity (Wildman–Crippen MR) is 104 cm³/mol.